The van der Waals surface area contributed by atoms with Crippen molar-refractivity contribution in [1.29, 1.82) is 0 Å². The molecule has 152 valence electrons. The molecule has 1 aliphatic heterocycles. The van der Waals surface area contributed by atoms with Gasteiger partial charge in [-0.2, -0.15) is 0 Å². The van der Waals surface area contributed by atoms with Crippen LogP contribution < -0.4 is 26.8 Å². The number of carbonyl (C=O) groups is 1. The first kappa shape index (κ1) is 19.2. The summed E-state index contributed by atoms with van der Waals surface area (Å²) in [6.45, 7) is 9.86. The number of rotatable bonds is 5. The largest absolute Gasteiger partial charge is 0.464 e. The highest BCUT2D eigenvalue weighted by Gasteiger charge is 2.38. The van der Waals surface area contributed by atoms with Crippen LogP contribution in [0.1, 0.15) is 45.3 Å². The van der Waals surface area contributed by atoms with Crippen LogP contribution in [0, 0.1) is 12.3 Å². The van der Waals surface area contributed by atoms with E-state index in [2.05, 4.69) is 16.0 Å². The third-order valence-corrected chi connectivity index (χ3v) is 5.56. The van der Waals surface area contributed by atoms with E-state index in [4.69, 9.17) is 4.42 Å². The highest BCUT2D eigenvalue weighted by Crippen LogP contribution is 2.38. The second-order valence-corrected chi connectivity index (χ2v) is 8.85. The van der Waals surface area contributed by atoms with Crippen molar-refractivity contribution in [3.63, 3.8) is 0 Å². The lowest BCUT2D eigenvalue weighted by atomic mass is 9.84. The quantitative estimate of drug-likeness (QED) is 0.673. The lowest BCUT2D eigenvalue weighted by Gasteiger charge is -2.32. The number of nitrogens with one attached hydrogen (secondary N) is 3. The Kier molecular flexibility index (Phi) is 4.29. The average molecular weight is 395 g/mol. The number of furan rings is 1. The molecular formula is C22H25N3O4. The van der Waals surface area contributed by atoms with Crippen LogP contribution in [0.4, 0.5) is 11.4 Å². The standard InChI is InChI=1S/C22H25N3O4/c1-10-6-9-14(29-10)20(22(3,4)5)25-17-16(18(26)19(17)27)24-13-8-7-12-11(2)23-21(28)15(12)13/h6-9,11,13,20,24-25H,1-5H3,(H,23,28)/t11-,13?,20-/m0/s1. The molecule has 7 nitrogen and oxygen atoms in total. The molecule has 1 aromatic carbocycles. The van der Waals surface area contributed by atoms with E-state index in [1.807, 2.05) is 58.9 Å². The van der Waals surface area contributed by atoms with Gasteiger partial charge in [0.25, 0.3) is 10.9 Å². The fraction of sp³-hybridized carbons (Fsp3) is 0.409. The highest BCUT2D eigenvalue weighted by atomic mass is 16.3. The van der Waals surface area contributed by atoms with Gasteiger partial charge in [0.2, 0.25) is 5.91 Å². The molecule has 7 heteroatoms. The van der Waals surface area contributed by atoms with Crippen molar-refractivity contribution in [2.24, 2.45) is 5.41 Å². The van der Waals surface area contributed by atoms with Gasteiger partial charge in [0.15, 0.2) is 0 Å². The molecule has 4 rings (SSSR count). The van der Waals surface area contributed by atoms with Crippen molar-refractivity contribution in [2.45, 2.75) is 52.7 Å². The third kappa shape index (κ3) is 3.10. The second-order valence-electron chi connectivity index (χ2n) is 8.85. The maximum absolute atomic E-state index is 12.3. The van der Waals surface area contributed by atoms with Crippen LogP contribution in [0.5, 0.6) is 0 Å². The number of hydrogen-bond acceptors (Lipinski definition) is 6. The maximum atomic E-state index is 12.3. The predicted molar refractivity (Wildman–Crippen MR) is 112 cm³/mol. The van der Waals surface area contributed by atoms with E-state index in [-0.39, 0.29) is 34.8 Å². The Hall–Kier alpha value is -3.09. The SMILES string of the molecule is Cc1ccc([C@H](Nc2c(NC3C=CC4=C3C(=O)N[C@H]4C)c(=O)c2=O)C(C)(C)C)o1. The van der Waals surface area contributed by atoms with Gasteiger partial charge in [-0.1, -0.05) is 32.9 Å². The van der Waals surface area contributed by atoms with E-state index >= 15 is 0 Å². The van der Waals surface area contributed by atoms with E-state index < -0.39 is 16.9 Å². The molecule has 2 aromatic rings. The van der Waals surface area contributed by atoms with Crippen LogP contribution >= 0.6 is 0 Å². The van der Waals surface area contributed by atoms with Crippen LogP contribution in [0.15, 0.2) is 49.4 Å². The minimum Gasteiger partial charge on any atom is -0.464 e. The molecule has 29 heavy (non-hydrogen) atoms. The Morgan fingerprint density at radius 3 is 2.41 bits per heavy atom. The van der Waals surface area contributed by atoms with E-state index in [9.17, 15) is 14.4 Å². The van der Waals surface area contributed by atoms with Gasteiger partial charge < -0.3 is 20.4 Å². The minimum atomic E-state index is -0.579. The van der Waals surface area contributed by atoms with Gasteiger partial charge in [-0.25, -0.2) is 0 Å². The smallest absolute Gasteiger partial charge is 0.253 e. The van der Waals surface area contributed by atoms with Crippen LogP contribution in [0.2, 0.25) is 0 Å². The Morgan fingerprint density at radius 2 is 1.79 bits per heavy atom. The van der Waals surface area contributed by atoms with Crippen LogP contribution in [0.25, 0.3) is 0 Å². The topological polar surface area (TPSA) is 100 Å². The van der Waals surface area contributed by atoms with Gasteiger partial charge in [-0.3, -0.25) is 14.4 Å². The number of hydrogen-bond donors (Lipinski definition) is 3. The first-order chi connectivity index (χ1) is 13.6. The molecule has 0 saturated heterocycles. The molecule has 0 bridgehead atoms. The van der Waals surface area contributed by atoms with Crippen LogP contribution in [0.3, 0.4) is 0 Å². The van der Waals surface area contributed by atoms with Crippen molar-refractivity contribution in [2.75, 3.05) is 10.6 Å². The number of aryl methyl sites for hydroxylation is 1. The molecule has 1 aromatic heterocycles. The normalized spacial score (nSPS) is 22.2. The monoisotopic (exact) mass is 395 g/mol. The number of carbonyl (C=O) groups excluding carboxylic acids is 1. The molecule has 1 aliphatic carbocycles. The predicted octanol–water partition coefficient (Wildman–Crippen LogP) is 2.55. The fourth-order valence-corrected chi connectivity index (χ4v) is 3.98. The summed E-state index contributed by atoms with van der Waals surface area (Å²) in [6.07, 6.45) is 3.73. The van der Waals surface area contributed by atoms with E-state index in [0.717, 1.165) is 11.3 Å². The van der Waals surface area contributed by atoms with Gasteiger partial charge in [0.1, 0.15) is 22.9 Å². The number of anilines is 2. The zero-order chi connectivity index (χ0) is 21.1. The Bertz CT molecular complexity index is 1120. The molecule has 3 N–H and O–H groups in total. The molecule has 1 unspecified atom stereocenters. The molecule has 0 fully saturated rings. The van der Waals surface area contributed by atoms with E-state index in [0.29, 0.717) is 11.3 Å². The summed E-state index contributed by atoms with van der Waals surface area (Å²) in [5.41, 5.74) is 0.548. The Labute approximate surface area is 168 Å². The first-order valence-electron chi connectivity index (χ1n) is 9.73. The summed E-state index contributed by atoms with van der Waals surface area (Å²) in [7, 11) is 0. The van der Waals surface area contributed by atoms with E-state index in [1.54, 1.807) is 0 Å². The molecule has 0 saturated carbocycles. The van der Waals surface area contributed by atoms with Gasteiger partial charge in [0, 0.05) is 5.57 Å². The molecule has 2 aliphatic rings. The van der Waals surface area contributed by atoms with Crippen molar-refractivity contribution in [1.82, 2.24) is 5.32 Å². The Balaban J connectivity index is 1.63. The minimum absolute atomic E-state index is 0.0571. The lowest BCUT2D eigenvalue weighted by Crippen LogP contribution is -2.42. The average Bonchev–Trinajstić information content (AvgIpc) is 3.32. The van der Waals surface area contributed by atoms with Crippen LogP contribution in [-0.2, 0) is 4.79 Å². The molecule has 0 radical (unpaired) electrons. The van der Waals surface area contributed by atoms with Crippen molar-refractivity contribution >= 4 is 17.3 Å². The fourth-order valence-electron chi connectivity index (χ4n) is 3.98. The van der Waals surface area contributed by atoms with Gasteiger partial charge >= 0.3 is 0 Å². The summed E-state index contributed by atoms with van der Waals surface area (Å²) >= 11 is 0. The van der Waals surface area contributed by atoms with E-state index in [1.165, 1.54) is 0 Å². The molecule has 2 heterocycles. The molecule has 0 spiro atoms. The summed E-state index contributed by atoms with van der Waals surface area (Å²) in [4.78, 5) is 36.9. The summed E-state index contributed by atoms with van der Waals surface area (Å²) in [5, 5.41) is 9.18. The zero-order valence-corrected chi connectivity index (χ0v) is 17.2. The summed E-state index contributed by atoms with van der Waals surface area (Å²) in [6, 6.07) is 2.95. The Morgan fingerprint density at radius 1 is 1.10 bits per heavy atom. The van der Waals surface area contributed by atoms with Gasteiger partial charge in [0.05, 0.1) is 18.1 Å². The molecular weight excluding hydrogens is 370 g/mol. The highest BCUT2D eigenvalue weighted by molar-refractivity contribution is 6.01. The number of amides is 1. The lowest BCUT2D eigenvalue weighted by molar-refractivity contribution is -0.117. The first-order valence-corrected chi connectivity index (χ1v) is 9.73. The third-order valence-electron chi connectivity index (χ3n) is 5.56. The maximum Gasteiger partial charge on any atom is 0.253 e. The second kappa shape index (κ2) is 6.47. The van der Waals surface area contributed by atoms with Crippen LogP contribution in [-0.4, -0.2) is 18.0 Å². The zero-order valence-electron chi connectivity index (χ0n) is 17.2. The molecule has 1 amide bonds. The summed E-state index contributed by atoms with van der Waals surface area (Å²) in [5.74, 6) is 1.32. The van der Waals surface area contributed by atoms with Crippen molar-refractivity contribution in [3.05, 3.63) is 67.4 Å². The van der Waals surface area contributed by atoms with Crippen molar-refractivity contribution in [3.8, 4) is 0 Å². The van der Waals surface area contributed by atoms with Crippen molar-refractivity contribution < 1.29 is 9.21 Å². The summed E-state index contributed by atoms with van der Waals surface area (Å²) < 4.78 is 5.78. The van der Waals surface area contributed by atoms with Gasteiger partial charge in [-0.05, 0) is 37.0 Å². The molecule has 3 atom stereocenters. The van der Waals surface area contributed by atoms with Gasteiger partial charge in [-0.15, -0.1) is 0 Å².